The molecule has 0 aliphatic rings. The third-order valence-corrected chi connectivity index (χ3v) is 2.42. The van der Waals surface area contributed by atoms with Crippen molar-refractivity contribution in [3.05, 3.63) is 11.9 Å². The number of ether oxygens (including phenoxy) is 2. The summed E-state index contributed by atoms with van der Waals surface area (Å²) in [6.45, 7) is 4.95. The van der Waals surface area contributed by atoms with Gasteiger partial charge in [0.1, 0.15) is 18.2 Å². The van der Waals surface area contributed by atoms with Crippen LogP contribution in [0.4, 0.5) is 11.6 Å². The lowest BCUT2D eigenvalue weighted by atomic mass is 10.4. The van der Waals surface area contributed by atoms with Gasteiger partial charge in [-0.15, -0.1) is 0 Å². The highest BCUT2D eigenvalue weighted by molar-refractivity contribution is 5.47. The Morgan fingerprint density at radius 3 is 2.68 bits per heavy atom. The maximum absolute atomic E-state index is 5.42. The van der Waals surface area contributed by atoms with Crippen LogP contribution in [0.1, 0.15) is 25.6 Å². The van der Waals surface area contributed by atoms with Crippen molar-refractivity contribution in [2.75, 3.05) is 44.5 Å². The van der Waals surface area contributed by atoms with Crippen molar-refractivity contribution in [1.29, 1.82) is 0 Å². The number of aromatic nitrogens is 2. The summed E-state index contributed by atoms with van der Waals surface area (Å²) in [7, 11) is 3.47. The van der Waals surface area contributed by atoms with Crippen LogP contribution >= 0.6 is 0 Å². The Hall–Kier alpha value is -1.40. The predicted octanol–water partition coefficient (Wildman–Crippen LogP) is 1.89. The van der Waals surface area contributed by atoms with E-state index in [9.17, 15) is 0 Å². The summed E-state index contributed by atoms with van der Waals surface area (Å²) >= 11 is 0. The smallest absolute Gasteiger partial charge is 0.158 e. The standard InChI is InChI=1S/C13H24N4O2/c1-4-7-19-8-5-6-15-12-9-11(14-2)16-13(17-12)10-18-3/h9H,4-8,10H2,1-3H3,(H2,14,15,16,17). The zero-order chi connectivity index (χ0) is 13.9. The van der Waals surface area contributed by atoms with Crippen LogP contribution in [0, 0.1) is 0 Å². The van der Waals surface area contributed by atoms with Gasteiger partial charge in [-0.25, -0.2) is 9.97 Å². The van der Waals surface area contributed by atoms with Crippen molar-refractivity contribution in [2.45, 2.75) is 26.4 Å². The summed E-state index contributed by atoms with van der Waals surface area (Å²) in [4.78, 5) is 8.68. The van der Waals surface area contributed by atoms with Gasteiger partial charge in [0, 0.05) is 40.0 Å². The fraction of sp³-hybridized carbons (Fsp3) is 0.692. The molecule has 0 amide bonds. The molecule has 0 spiro atoms. The second kappa shape index (κ2) is 9.52. The van der Waals surface area contributed by atoms with Crippen molar-refractivity contribution in [3.63, 3.8) is 0 Å². The molecule has 1 rings (SSSR count). The molecule has 6 nitrogen and oxygen atoms in total. The number of nitrogens with one attached hydrogen (secondary N) is 2. The first-order valence-electron chi connectivity index (χ1n) is 6.66. The van der Waals surface area contributed by atoms with Crippen LogP contribution in [0.2, 0.25) is 0 Å². The normalized spacial score (nSPS) is 10.5. The average molecular weight is 268 g/mol. The fourth-order valence-corrected chi connectivity index (χ4v) is 1.55. The Balaban J connectivity index is 2.41. The van der Waals surface area contributed by atoms with Crippen LogP contribution in [0.3, 0.4) is 0 Å². The molecule has 0 fully saturated rings. The third kappa shape index (κ3) is 6.35. The van der Waals surface area contributed by atoms with Gasteiger partial charge in [0.05, 0.1) is 0 Å². The molecule has 0 saturated heterocycles. The van der Waals surface area contributed by atoms with Crippen molar-refractivity contribution >= 4 is 11.6 Å². The summed E-state index contributed by atoms with van der Waals surface area (Å²) in [5, 5.41) is 6.28. The average Bonchev–Trinajstić information content (AvgIpc) is 2.43. The molecular weight excluding hydrogens is 244 g/mol. The van der Waals surface area contributed by atoms with Gasteiger partial charge in [-0.1, -0.05) is 6.92 Å². The first-order chi connectivity index (χ1) is 9.30. The molecule has 0 unspecified atom stereocenters. The maximum atomic E-state index is 5.42. The molecule has 0 bridgehead atoms. The van der Waals surface area contributed by atoms with E-state index in [0.29, 0.717) is 12.4 Å². The Morgan fingerprint density at radius 1 is 1.21 bits per heavy atom. The van der Waals surface area contributed by atoms with E-state index in [-0.39, 0.29) is 0 Å². The van der Waals surface area contributed by atoms with E-state index in [1.165, 1.54) is 0 Å². The second-order valence-electron chi connectivity index (χ2n) is 4.13. The lowest BCUT2D eigenvalue weighted by molar-refractivity contribution is 0.134. The number of methoxy groups -OCH3 is 1. The van der Waals surface area contributed by atoms with Crippen LogP contribution in [0.25, 0.3) is 0 Å². The van der Waals surface area contributed by atoms with E-state index in [0.717, 1.165) is 44.2 Å². The Labute approximate surface area is 114 Å². The van der Waals surface area contributed by atoms with E-state index >= 15 is 0 Å². The molecule has 0 aromatic carbocycles. The second-order valence-corrected chi connectivity index (χ2v) is 4.13. The quantitative estimate of drug-likeness (QED) is 0.632. The number of rotatable bonds is 10. The van der Waals surface area contributed by atoms with Gasteiger partial charge in [-0.2, -0.15) is 0 Å². The van der Waals surface area contributed by atoms with Gasteiger partial charge in [-0.05, 0) is 12.8 Å². The molecule has 0 aliphatic carbocycles. The first-order valence-corrected chi connectivity index (χ1v) is 6.66. The largest absolute Gasteiger partial charge is 0.381 e. The topological polar surface area (TPSA) is 68.3 Å². The third-order valence-electron chi connectivity index (χ3n) is 2.42. The lowest BCUT2D eigenvalue weighted by Gasteiger charge is -2.09. The number of anilines is 2. The SMILES string of the molecule is CCCOCCCNc1cc(NC)nc(COC)n1. The van der Waals surface area contributed by atoms with E-state index in [1.807, 2.05) is 13.1 Å². The van der Waals surface area contributed by atoms with Gasteiger partial charge in [0.15, 0.2) is 5.82 Å². The summed E-state index contributed by atoms with van der Waals surface area (Å²) in [5.41, 5.74) is 0. The maximum Gasteiger partial charge on any atom is 0.158 e. The van der Waals surface area contributed by atoms with E-state index in [1.54, 1.807) is 7.11 Å². The summed E-state index contributed by atoms with van der Waals surface area (Å²) in [6.07, 6.45) is 2.02. The minimum Gasteiger partial charge on any atom is -0.381 e. The van der Waals surface area contributed by atoms with Crippen molar-refractivity contribution in [3.8, 4) is 0 Å². The minimum absolute atomic E-state index is 0.407. The van der Waals surface area contributed by atoms with Gasteiger partial charge in [0.2, 0.25) is 0 Å². The zero-order valence-corrected chi connectivity index (χ0v) is 12.0. The van der Waals surface area contributed by atoms with Crippen LogP contribution < -0.4 is 10.6 Å². The minimum atomic E-state index is 0.407. The molecule has 2 N–H and O–H groups in total. The van der Waals surface area contributed by atoms with E-state index in [4.69, 9.17) is 9.47 Å². The molecule has 6 heteroatoms. The molecule has 1 heterocycles. The van der Waals surface area contributed by atoms with Crippen molar-refractivity contribution in [2.24, 2.45) is 0 Å². The van der Waals surface area contributed by atoms with Crippen LogP contribution in [0.5, 0.6) is 0 Å². The van der Waals surface area contributed by atoms with E-state index < -0.39 is 0 Å². The van der Waals surface area contributed by atoms with E-state index in [2.05, 4.69) is 27.5 Å². The highest BCUT2D eigenvalue weighted by Gasteiger charge is 2.03. The Bertz CT molecular complexity index is 360. The van der Waals surface area contributed by atoms with Gasteiger partial charge < -0.3 is 20.1 Å². The highest BCUT2D eigenvalue weighted by atomic mass is 16.5. The molecule has 1 aromatic heterocycles. The van der Waals surface area contributed by atoms with Crippen LogP contribution in [-0.4, -0.2) is 43.9 Å². The molecular formula is C13H24N4O2. The van der Waals surface area contributed by atoms with Crippen LogP contribution in [0.15, 0.2) is 6.07 Å². The summed E-state index contributed by atoms with van der Waals surface area (Å²) < 4.78 is 10.5. The van der Waals surface area contributed by atoms with Crippen LogP contribution in [-0.2, 0) is 16.1 Å². The molecule has 0 saturated carbocycles. The fourth-order valence-electron chi connectivity index (χ4n) is 1.55. The molecule has 19 heavy (non-hydrogen) atoms. The molecule has 1 aromatic rings. The van der Waals surface area contributed by atoms with Gasteiger partial charge >= 0.3 is 0 Å². The number of hydrogen-bond donors (Lipinski definition) is 2. The Kier molecular flexibility index (Phi) is 7.84. The predicted molar refractivity (Wildman–Crippen MR) is 76.5 cm³/mol. The molecule has 0 radical (unpaired) electrons. The number of hydrogen-bond acceptors (Lipinski definition) is 6. The van der Waals surface area contributed by atoms with Crippen molar-refractivity contribution < 1.29 is 9.47 Å². The van der Waals surface area contributed by atoms with Gasteiger partial charge in [0.25, 0.3) is 0 Å². The lowest BCUT2D eigenvalue weighted by Crippen LogP contribution is -2.10. The van der Waals surface area contributed by atoms with Crippen molar-refractivity contribution in [1.82, 2.24) is 9.97 Å². The zero-order valence-electron chi connectivity index (χ0n) is 12.0. The summed E-state index contributed by atoms with van der Waals surface area (Å²) in [5.74, 6) is 2.26. The molecule has 0 aliphatic heterocycles. The first kappa shape index (κ1) is 15.7. The highest BCUT2D eigenvalue weighted by Crippen LogP contribution is 2.11. The molecule has 0 atom stereocenters. The molecule has 108 valence electrons. The number of nitrogens with zero attached hydrogens (tertiary/aromatic N) is 2. The monoisotopic (exact) mass is 268 g/mol. The Morgan fingerprint density at radius 2 is 2.00 bits per heavy atom. The van der Waals surface area contributed by atoms with Gasteiger partial charge in [-0.3, -0.25) is 0 Å². The summed E-state index contributed by atoms with van der Waals surface area (Å²) in [6, 6.07) is 1.88.